The molecular weight excluding hydrogens is 308 g/mol. The number of para-hydroxylation sites is 1. The van der Waals surface area contributed by atoms with Gasteiger partial charge in [-0.3, -0.25) is 0 Å². The first-order chi connectivity index (χ1) is 12.2. The normalized spacial score (nSPS) is 10.8. The topological polar surface area (TPSA) is 38.0 Å². The minimum atomic E-state index is 0.265. The van der Waals surface area contributed by atoms with E-state index in [2.05, 4.69) is 30.3 Å². The van der Waals surface area contributed by atoms with Crippen LogP contribution >= 0.6 is 0 Å². The Balaban J connectivity index is 1.91. The molecule has 122 valence electrons. The lowest BCUT2D eigenvalue weighted by Gasteiger charge is -2.13. The first kappa shape index (κ1) is 15.2. The van der Waals surface area contributed by atoms with Crippen molar-refractivity contribution < 1.29 is 5.11 Å². The fourth-order valence-corrected chi connectivity index (χ4v) is 3.04. The Bertz CT molecular complexity index is 1000. The maximum absolute atomic E-state index is 9.57. The minimum absolute atomic E-state index is 0.265. The summed E-state index contributed by atoms with van der Waals surface area (Å²) in [7, 11) is 0. The van der Waals surface area contributed by atoms with Crippen molar-refractivity contribution in [3.05, 3.63) is 90.6 Å². The van der Waals surface area contributed by atoms with Gasteiger partial charge in [0.15, 0.2) is 0 Å². The first-order valence-electron chi connectivity index (χ1n) is 8.23. The number of nitrogens with zero attached hydrogens (tertiary/aromatic N) is 2. The van der Waals surface area contributed by atoms with Crippen LogP contribution in [0.1, 0.15) is 5.69 Å². The van der Waals surface area contributed by atoms with Gasteiger partial charge in [-0.1, -0.05) is 60.7 Å². The fourth-order valence-electron chi connectivity index (χ4n) is 3.04. The average Bonchev–Trinajstić information content (AvgIpc) is 3.05. The quantitative estimate of drug-likeness (QED) is 0.560. The molecule has 1 N–H and O–H groups in total. The summed E-state index contributed by atoms with van der Waals surface area (Å²) in [6, 6.07) is 27.8. The predicted octanol–water partition coefficient (Wildman–Crippen LogP) is 5.22. The van der Waals surface area contributed by atoms with E-state index < -0.39 is 0 Å². The molecule has 0 spiro atoms. The smallest absolute Gasteiger partial charge is 0.115 e. The van der Waals surface area contributed by atoms with E-state index in [1.165, 1.54) is 0 Å². The second kappa shape index (κ2) is 6.29. The Hall–Kier alpha value is -3.33. The van der Waals surface area contributed by atoms with Crippen molar-refractivity contribution in [1.29, 1.82) is 0 Å². The molecule has 4 aromatic rings. The third kappa shape index (κ3) is 2.92. The summed E-state index contributed by atoms with van der Waals surface area (Å²) < 4.78 is 1.99. The van der Waals surface area contributed by atoms with Crippen LogP contribution in [0.15, 0.2) is 84.9 Å². The molecule has 0 aliphatic rings. The number of hydrogen-bond acceptors (Lipinski definition) is 2. The standard InChI is InChI=1S/C22H18N2O/c1-16-15-22(18-7-3-2-4-8-18)24(23-16)21-10-6-5-9-20(21)17-11-13-19(25)14-12-17/h2-15,25H,1H3. The Morgan fingerprint density at radius 2 is 1.44 bits per heavy atom. The Labute approximate surface area is 146 Å². The molecule has 0 aliphatic heterocycles. The van der Waals surface area contributed by atoms with Crippen LogP contribution in [0, 0.1) is 6.92 Å². The van der Waals surface area contributed by atoms with Crippen LogP contribution in [0.25, 0.3) is 28.1 Å². The van der Waals surface area contributed by atoms with Crippen molar-refractivity contribution in [1.82, 2.24) is 9.78 Å². The molecule has 0 saturated carbocycles. The molecule has 0 amide bonds. The van der Waals surface area contributed by atoms with Crippen LogP contribution in [0.3, 0.4) is 0 Å². The molecule has 3 heteroatoms. The minimum Gasteiger partial charge on any atom is -0.508 e. The van der Waals surface area contributed by atoms with Crippen LogP contribution in [-0.4, -0.2) is 14.9 Å². The van der Waals surface area contributed by atoms with Crippen molar-refractivity contribution in [2.75, 3.05) is 0 Å². The number of aryl methyl sites for hydroxylation is 1. The highest BCUT2D eigenvalue weighted by atomic mass is 16.3. The maximum atomic E-state index is 9.57. The van der Waals surface area contributed by atoms with Crippen LogP contribution in [-0.2, 0) is 0 Å². The molecule has 25 heavy (non-hydrogen) atoms. The van der Waals surface area contributed by atoms with Crippen molar-refractivity contribution in [2.24, 2.45) is 0 Å². The Morgan fingerprint density at radius 1 is 0.760 bits per heavy atom. The maximum Gasteiger partial charge on any atom is 0.115 e. The third-order valence-corrected chi connectivity index (χ3v) is 4.21. The number of benzene rings is 3. The third-order valence-electron chi connectivity index (χ3n) is 4.21. The van der Waals surface area contributed by atoms with Gasteiger partial charge in [0, 0.05) is 11.1 Å². The zero-order valence-electron chi connectivity index (χ0n) is 13.9. The summed E-state index contributed by atoms with van der Waals surface area (Å²) in [5.41, 5.74) is 6.29. The van der Waals surface area contributed by atoms with E-state index >= 15 is 0 Å². The van der Waals surface area contributed by atoms with Gasteiger partial charge in [0.1, 0.15) is 5.75 Å². The van der Waals surface area contributed by atoms with E-state index in [9.17, 15) is 5.11 Å². The second-order valence-electron chi connectivity index (χ2n) is 6.01. The van der Waals surface area contributed by atoms with Gasteiger partial charge in [-0.2, -0.15) is 5.10 Å². The first-order valence-corrected chi connectivity index (χ1v) is 8.23. The van der Waals surface area contributed by atoms with Gasteiger partial charge in [-0.05, 0) is 36.8 Å². The molecular formula is C22H18N2O. The fraction of sp³-hybridized carbons (Fsp3) is 0.0455. The molecule has 4 rings (SSSR count). The monoisotopic (exact) mass is 326 g/mol. The highest BCUT2D eigenvalue weighted by Gasteiger charge is 2.13. The number of hydrogen-bond donors (Lipinski definition) is 1. The van der Waals surface area contributed by atoms with Crippen molar-refractivity contribution in [2.45, 2.75) is 6.92 Å². The largest absolute Gasteiger partial charge is 0.508 e. The van der Waals surface area contributed by atoms with Gasteiger partial charge in [-0.25, -0.2) is 4.68 Å². The van der Waals surface area contributed by atoms with Crippen LogP contribution in [0.5, 0.6) is 5.75 Å². The molecule has 1 aromatic heterocycles. The summed E-state index contributed by atoms with van der Waals surface area (Å²) in [6.45, 7) is 2.01. The van der Waals surface area contributed by atoms with Gasteiger partial charge in [0.05, 0.1) is 17.1 Å². The zero-order chi connectivity index (χ0) is 17.2. The summed E-state index contributed by atoms with van der Waals surface area (Å²) in [6.07, 6.45) is 0. The summed E-state index contributed by atoms with van der Waals surface area (Å²) in [4.78, 5) is 0. The summed E-state index contributed by atoms with van der Waals surface area (Å²) >= 11 is 0. The predicted molar refractivity (Wildman–Crippen MR) is 101 cm³/mol. The highest BCUT2D eigenvalue weighted by molar-refractivity contribution is 5.75. The van der Waals surface area contributed by atoms with Gasteiger partial charge >= 0.3 is 0 Å². The van der Waals surface area contributed by atoms with Crippen LogP contribution in [0.2, 0.25) is 0 Å². The number of rotatable bonds is 3. The lowest BCUT2D eigenvalue weighted by Crippen LogP contribution is -2.01. The molecule has 3 aromatic carbocycles. The molecule has 3 nitrogen and oxygen atoms in total. The van der Waals surface area contributed by atoms with E-state index in [0.29, 0.717) is 0 Å². The number of aromatic hydroxyl groups is 1. The van der Waals surface area contributed by atoms with Crippen LogP contribution in [0.4, 0.5) is 0 Å². The highest BCUT2D eigenvalue weighted by Crippen LogP contribution is 2.31. The lowest BCUT2D eigenvalue weighted by molar-refractivity contribution is 0.475. The van der Waals surface area contributed by atoms with Crippen molar-refractivity contribution in [3.8, 4) is 33.8 Å². The van der Waals surface area contributed by atoms with Crippen molar-refractivity contribution in [3.63, 3.8) is 0 Å². The molecule has 1 heterocycles. The van der Waals surface area contributed by atoms with E-state index in [0.717, 1.165) is 33.8 Å². The van der Waals surface area contributed by atoms with E-state index in [4.69, 9.17) is 5.10 Å². The van der Waals surface area contributed by atoms with Gasteiger partial charge in [-0.15, -0.1) is 0 Å². The SMILES string of the molecule is Cc1cc(-c2ccccc2)n(-c2ccccc2-c2ccc(O)cc2)n1. The molecule has 0 bridgehead atoms. The van der Waals surface area contributed by atoms with Crippen LogP contribution < -0.4 is 0 Å². The average molecular weight is 326 g/mol. The van der Waals surface area contributed by atoms with Gasteiger partial charge in [0.25, 0.3) is 0 Å². The molecule has 0 aliphatic carbocycles. The number of phenols is 1. The molecule has 0 saturated heterocycles. The zero-order valence-corrected chi connectivity index (χ0v) is 13.9. The summed E-state index contributed by atoms with van der Waals surface area (Å²) in [5.74, 6) is 0.265. The number of aromatic nitrogens is 2. The van der Waals surface area contributed by atoms with E-state index in [1.54, 1.807) is 12.1 Å². The second-order valence-corrected chi connectivity index (χ2v) is 6.01. The molecule has 0 atom stereocenters. The molecule has 0 fully saturated rings. The lowest BCUT2D eigenvalue weighted by atomic mass is 10.0. The number of phenolic OH excluding ortho intramolecular Hbond substituents is 1. The Kier molecular flexibility index (Phi) is 3.82. The van der Waals surface area contributed by atoms with Gasteiger partial charge in [0.2, 0.25) is 0 Å². The summed E-state index contributed by atoms with van der Waals surface area (Å²) in [5, 5.41) is 14.3. The molecule has 0 unspecified atom stereocenters. The van der Waals surface area contributed by atoms with E-state index in [-0.39, 0.29) is 5.75 Å². The van der Waals surface area contributed by atoms with E-state index in [1.807, 2.05) is 54.1 Å². The van der Waals surface area contributed by atoms with Gasteiger partial charge < -0.3 is 5.11 Å². The Morgan fingerprint density at radius 3 is 2.20 bits per heavy atom. The molecule has 0 radical (unpaired) electrons. The van der Waals surface area contributed by atoms with Crippen molar-refractivity contribution >= 4 is 0 Å².